The Balaban J connectivity index is 1.62. The average molecular weight is 233 g/mol. The number of aromatic nitrogens is 2. The fourth-order valence-corrected chi connectivity index (χ4v) is 3.02. The monoisotopic (exact) mass is 233 g/mol. The number of hydrogen-bond donors (Lipinski definition) is 2. The number of piperidine rings is 1. The zero-order chi connectivity index (χ0) is 11.7. The third kappa shape index (κ3) is 2.34. The van der Waals surface area contributed by atoms with Gasteiger partial charge in [-0.15, -0.1) is 0 Å². The highest BCUT2D eigenvalue weighted by atomic mass is 15.2. The van der Waals surface area contributed by atoms with Crippen molar-refractivity contribution in [2.75, 3.05) is 24.1 Å². The van der Waals surface area contributed by atoms with Crippen molar-refractivity contribution in [3.05, 3.63) is 12.3 Å². The number of nitrogen functional groups attached to an aromatic ring is 1. The number of nitrogens with zero attached hydrogens (tertiary/aromatic N) is 3. The van der Waals surface area contributed by atoms with E-state index in [9.17, 15) is 0 Å². The van der Waals surface area contributed by atoms with Gasteiger partial charge in [0.15, 0.2) is 0 Å². The SMILES string of the molecule is Nc1nccc(NC2CCN3CCCC3C2)n1. The summed E-state index contributed by atoms with van der Waals surface area (Å²) in [7, 11) is 0. The van der Waals surface area contributed by atoms with Crippen molar-refractivity contribution in [2.24, 2.45) is 0 Å². The van der Waals surface area contributed by atoms with Crippen molar-refractivity contribution in [1.29, 1.82) is 0 Å². The van der Waals surface area contributed by atoms with Gasteiger partial charge >= 0.3 is 0 Å². The van der Waals surface area contributed by atoms with Gasteiger partial charge in [0.2, 0.25) is 5.95 Å². The zero-order valence-corrected chi connectivity index (χ0v) is 9.97. The molecule has 3 heterocycles. The van der Waals surface area contributed by atoms with Gasteiger partial charge in [-0.05, 0) is 38.3 Å². The summed E-state index contributed by atoms with van der Waals surface area (Å²) < 4.78 is 0. The summed E-state index contributed by atoms with van der Waals surface area (Å²) in [6.45, 7) is 2.50. The number of rotatable bonds is 2. The third-order valence-corrected chi connectivity index (χ3v) is 3.85. The van der Waals surface area contributed by atoms with Gasteiger partial charge in [0.05, 0.1) is 0 Å². The third-order valence-electron chi connectivity index (χ3n) is 3.85. The number of hydrogen-bond acceptors (Lipinski definition) is 5. The van der Waals surface area contributed by atoms with Crippen molar-refractivity contribution >= 4 is 11.8 Å². The molecule has 2 aliphatic heterocycles. The van der Waals surface area contributed by atoms with E-state index in [1.807, 2.05) is 6.07 Å². The minimum atomic E-state index is 0.341. The van der Waals surface area contributed by atoms with Crippen molar-refractivity contribution in [2.45, 2.75) is 37.8 Å². The normalized spacial score (nSPS) is 28.9. The van der Waals surface area contributed by atoms with E-state index in [1.54, 1.807) is 6.20 Å². The second-order valence-corrected chi connectivity index (χ2v) is 5.00. The Bertz CT molecular complexity index is 394. The van der Waals surface area contributed by atoms with Crippen LogP contribution in [0.1, 0.15) is 25.7 Å². The number of nitrogens with one attached hydrogen (secondary N) is 1. The largest absolute Gasteiger partial charge is 0.368 e. The molecule has 0 amide bonds. The van der Waals surface area contributed by atoms with E-state index in [4.69, 9.17) is 5.73 Å². The molecule has 1 aromatic rings. The lowest BCUT2D eigenvalue weighted by Crippen LogP contribution is -2.42. The lowest BCUT2D eigenvalue weighted by atomic mass is 9.98. The van der Waals surface area contributed by atoms with Crippen molar-refractivity contribution in [1.82, 2.24) is 14.9 Å². The van der Waals surface area contributed by atoms with Crippen LogP contribution in [0.25, 0.3) is 0 Å². The summed E-state index contributed by atoms with van der Waals surface area (Å²) in [4.78, 5) is 10.7. The van der Waals surface area contributed by atoms with Crippen molar-refractivity contribution < 1.29 is 0 Å². The maximum Gasteiger partial charge on any atom is 0.221 e. The van der Waals surface area contributed by atoms with Crippen LogP contribution in [-0.2, 0) is 0 Å². The Morgan fingerprint density at radius 2 is 2.29 bits per heavy atom. The molecule has 0 aliphatic carbocycles. The molecule has 0 aromatic carbocycles. The minimum Gasteiger partial charge on any atom is -0.368 e. The topological polar surface area (TPSA) is 67.1 Å². The molecule has 0 radical (unpaired) electrons. The van der Waals surface area contributed by atoms with Crippen LogP contribution in [-0.4, -0.2) is 40.0 Å². The molecular formula is C12H19N5. The van der Waals surface area contributed by atoms with Crippen LogP contribution >= 0.6 is 0 Å². The molecule has 0 saturated carbocycles. The van der Waals surface area contributed by atoms with E-state index in [-0.39, 0.29) is 0 Å². The number of anilines is 2. The molecule has 5 nitrogen and oxygen atoms in total. The van der Waals surface area contributed by atoms with Gasteiger partial charge in [0, 0.05) is 24.8 Å². The molecule has 2 aliphatic rings. The predicted molar refractivity (Wildman–Crippen MR) is 67.7 cm³/mol. The van der Waals surface area contributed by atoms with E-state index in [2.05, 4.69) is 20.2 Å². The van der Waals surface area contributed by atoms with Crippen LogP contribution in [0, 0.1) is 0 Å². The van der Waals surface area contributed by atoms with Crippen molar-refractivity contribution in [3.63, 3.8) is 0 Å². The molecule has 17 heavy (non-hydrogen) atoms. The van der Waals surface area contributed by atoms with Gasteiger partial charge in [0.1, 0.15) is 5.82 Å². The first-order chi connectivity index (χ1) is 8.31. The van der Waals surface area contributed by atoms with Crippen LogP contribution < -0.4 is 11.1 Å². The van der Waals surface area contributed by atoms with Crippen LogP contribution in [0.5, 0.6) is 0 Å². The highest BCUT2D eigenvalue weighted by Gasteiger charge is 2.31. The van der Waals surface area contributed by atoms with Gasteiger partial charge in [-0.25, -0.2) is 4.98 Å². The molecule has 2 fully saturated rings. The van der Waals surface area contributed by atoms with Crippen LogP contribution in [0.2, 0.25) is 0 Å². The Hall–Kier alpha value is -1.36. The predicted octanol–water partition coefficient (Wildman–Crippen LogP) is 1.10. The fraction of sp³-hybridized carbons (Fsp3) is 0.667. The molecular weight excluding hydrogens is 214 g/mol. The van der Waals surface area contributed by atoms with E-state index >= 15 is 0 Å². The summed E-state index contributed by atoms with van der Waals surface area (Å²) in [5, 5.41) is 3.48. The first kappa shape index (κ1) is 10.8. The Morgan fingerprint density at radius 1 is 1.35 bits per heavy atom. The van der Waals surface area contributed by atoms with Gasteiger partial charge in [-0.1, -0.05) is 0 Å². The molecule has 0 bridgehead atoms. The quantitative estimate of drug-likeness (QED) is 0.800. The molecule has 2 saturated heterocycles. The van der Waals surface area contributed by atoms with E-state index in [0.717, 1.165) is 11.9 Å². The molecule has 2 unspecified atom stereocenters. The number of fused-ring (bicyclic) bond motifs is 1. The lowest BCUT2D eigenvalue weighted by molar-refractivity contribution is 0.188. The highest BCUT2D eigenvalue weighted by Crippen LogP contribution is 2.28. The molecule has 3 rings (SSSR count). The van der Waals surface area contributed by atoms with Gasteiger partial charge in [-0.2, -0.15) is 4.98 Å². The van der Waals surface area contributed by atoms with E-state index < -0.39 is 0 Å². The maximum absolute atomic E-state index is 5.58. The van der Waals surface area contributed by atoms with Gasteiger partial charge < -0.3 is 16.0 Å². The van der Waals surface area contributed by atoms with Gasteiger partial charge in [0.25, 0.3) is 0 Å². The molecule has 3 N–H and O–H groups in total. The summed E-state index contributed by atoms with van der Waals surface area (Å²) in [6, 6.07) is 3.20. The molecule has 92 valence electrons. The second kappa shape index (κ2) is 4.49. The molecule has 1 aromatic heterocycles. The number of nitrogens with two attached hydrogens (primary N) is 1. The standard InChI is InChI=1S/C12H19N5/c13-12-14-5-3-11(16-12)15-9-4-7-17-6-1-2-10(17)8-9/h3,5,9-10H,1-2,4,6-8H2,(H3,13,14,15,16). The smallest absolute Gasteiger partial charge is 0.221 e. The fourth-order valence-electron chi connectivity index (χ4n) is 3.02. The average Bonchev–Trinajstić information content (AvgIpc) is 2.76. The van der Waals surface area contributed by atoms with E-state index in [1.165, 1.54) is 38.8 Å². The first-order valence-corrected chi connectivity index (χ1v) is 6.40. The van der Waals surface area contributed by atoms with Crippen LogP contribution in [0.4, 0.5) is 11.8 Å². The van der Waals surface area contributed by atoms with Gasteiger partial charge in [-0.3, -0.25) is 0 Å². The van der Waals surface area contributed by atoms with Crippen LogP contribution in [0.3, 0.4) is 0 Å². The van der Waals surface area contributed by atoms with Crippen LogP contribution in [0.15, 0.2) is 12.3 Å². The molecule has 0 spiro atoms. The summed E-state index contributed by atoms with van der Waals surface area (Å²) >= 11 is 0. The summed E-state index contributed by atoms with van der Waals surface area (Å²) in [6.07, 6.45) is 6.83. The lowest BCUT2D eigenvalue weighted by Gasteiger charge is -2.35. The zero-order valence-electron chi connectivity index (χ0n) is 9.97. The summed E-state index contributed by atoms with van der Waals surface area (Å²) in [5.74, 6) is 1.20. The first-order valence-electron chi connectivity index (χ1n) is 6.40. The highest BCUT2D eigenvalue weighted by molar-refractivity contribution is 5.38. The summed E-state index contributed by atoms with van der Waals surface area (Å²) in [5.41, 5.74) is 5.58. The minimum absolute atomic E-state index is 0.341. The Morgan fingerprint density at radius 3 is 3.18 bits per heavy atom. The second-order valence-electron chi connectivity index (χ2n) is 5.00. The van der Waals surface area contributed by atoms with E-state index in [0.29, 0.717) is 12.0 Å². The Labute approximate surface area is 101 Å². The molecule has 2 atom stereocenters. The Kier molecular flexibility index (Phi) is 2.84. The maximum atomic E-state index is 5.58. The molecule has 5 heteroatoms. The van der Waals surface area contributed by atoms with Crippen molar-refractivity contribution in [3.8, 4) is 0 Å².